The number of carbonyl (C=O) groups is 1. The van der Waals surface area contributed by atoms with Gasteiger partial charge in [0.1, 0.15) is 6.10 Å². The number of hydrogen-bond donors (Lipinski definition) is 6. The van der Waals surface area contributed by atoms with Crippen molar-refractivity contribution in [1.82, 2.24) is 20.2 Å². The zero-order chi connectivity index (χ0) is 39.3. The number of aromatic nitrogens is 1. The van der Waals surface area contributed by atoms with Gasteiger partial charge >= 0.3 is 6.15 Å². The lowest BCUT2D eigenvalue weighted by atomic mass is 9.47. The highest BCUT2D eigenvalue weighted by Crippen LogP contribution is 2.67. The topological polar surface area (TPSA) is 175 Å². The van der Waals surface area contributed by atoms with E-state index < -0.39 is 45.5 Å². The van der Waals surface area contributed by atoms with Gasteiger partial charge in [0.05, 0.1) is 11.6 Å². The standard InChI is InChI=1S/C42H56N6O4.CO2/c1-6-39(51)22-26-21-38(4,33-28(13-17-47(23-26)24-39)27-11-8-9-12-31(27)44-33)29-20-30-32(19-25(29)3)46(5)35-41(30)15-18-48-16-10-14-40(7-2,34(41)48)36(49)42(35,52)37(50)45-43;2-1-3/h8-12,14,19-20,26,34-36,44,49,51-52H,6-7,13,15-18,21-24,43H2,1-5H3,(H,45,50);/t26?,34?,35?,36-,38-,39?,40-,41-,42+;/m1./s1. The van der Waals surface area contributed by atoms with Gasteiger partial charge in [-0.15, -0.1) is 0 Å². The SMILES string of the molecule is CCC1(O)CC2CN(CCc3c([nH]c4ccccc34)[C@@](C)(c3cc4c(cc3C)N(C)C3[C@]45CCN4CC=C[C@](CC)(C45)[C@@H](O)[C@]3(O)C(=O)NN)C2)C1.O=C=O. The van der Waals surface area contributed by atoms with Crippen molar-refractivity contribution in [2.45, 2.75) is 106 Å². The molecule has 55 heavy (non-hydrogen) atoms. The molecule has 1 spiro atoms. The number of benzene rings is 2. The second kappa shape index (κ2) is 13.1. The van der Waals surface area contributed by atoms with Crippen LogP contribution in [0, 0.1) is 18.3 Å². The van der Waals surface area contributed by atoms with Crippen molar-refractivity contribution < 1.29 is 29.7 Å². The number of para-hydroxylation sites is 1. The van der Waals surface area contributed by atoms with Crippen molar-refractivity contribution in [3.63, 3.8) is 0 Å². The molecule has 2 aromatic carbocycles. The third kappa shape index (κ3) is 5.02. The molecule has 12 heteroatoms. The Morgan fingerprint density at radius 1 is 1.07 bits per heavy atom. The van der Waals surface area contributed by atoms with Crippen LogP contribution < -0.4 is 16.2 Å². The fourth-order valence-corrected chi connectivity index (χ4v) is 13.1. The molecule has 2 saturated heterocycles. The van der Waals surface area contributed by atoms with Crippen molar-refractivity contribution in [2.24, 2.45) is 17.2 Å². The Morgan fingerprint density at radius 3 is 2.53 bits per heavy atom. The van der Waals surface area contributed by atoms with Gasteiger partial charge in [0, 0.05) is 77.8 Å². The Labute approximate surface area is 322 Å². The second-order valence-corrected chi connectivity index (χ2v) is 17.7. The molecule has 12 nitrogen and oxygen atoms in total. The summed E-state index contributed by atoms with van der Waals surface area (Å²) in [5.74, 6) is 5.37. The van der Waals surface area contributed by atoms with Crippen LogP contribution in [0.25, 0.3) is 10.9 Å². The summed E-state index contributed by atoms with van der Waals surface area (Å²) in [7, 11) is 1.97. The number of anilines is 1. The van der Waals surface area contributed by atoms with Gasteiger partial charge in [0.2, 0.25) is 0 Å². The monoisotopic (exact) mass is 752 g/mol. The number of hydrazine groups is 1. The van der Waals surface area contributed by atoms with Crippen molar-refractivity contribution in [2.75, 3.05) is 44.7 Å². The molecule has 10 atom stereocenters. The van der Waals surface area contributed by atoms with Crippen LogP contribution in [0.2, 0.25) is 0 Å². The van der Waals surface area contributed by atoms with Gasteiger partial charge in [-0.25, -0.2) is 5.84 Å². The summed E-state index contributed by atoms with van der Waals surface area (Å²) in [5, 5.41) is 38.3. The minimum absolute atomic E-state index is 0.122. The first kappa shape index (κ1) is 38.0. The minimum atomic E-state index is -2.16. The average molecular weight is 753 g/mol. The normalized spacial score (nSPS) is 38.6. The molecule has 6 heterocycles. The maximum absolute atomic E-state index is 13.9. The smallest absolute Gasteiger partial charge is 0.373 e. The van der Waals surface area contributed by atoms with Gasteiger partial charge in [0.15, 0.2) is 5.60 Å². The number of aromatic amines is 1. The number of fused-ring (bicyclic) bond motifs is 6. The fourth-order valence-electron chi connectivity index (χ4n) is 13.1. The largest absolute Gasteiger partial charge is 0.389 e. The van der Waals surface area contributed by atoms with Gasteiger partial charge in [-0.05, 0) is 99.2 Å². The first-order valence-electron chi connectivity index (χ1n) is 20.0. The molecular formula is C43H56N6O6. The van der Waals surface area contributed by atoms with E-state index in [4.69, 9.17) is 15.4 Å². The third-order valence-corrected chi connectivity index (χ3v) is 15.2. The van der Waals surface area contributed by atoms with Crippen LogP contribution in [0.5, 0.6) is 0 Å². The highest BCUT2D eigenvalue weighted by atomic mass is 16.4. The number of nitrogens with one attached hydrogen (secondary N) is 2. The number of likely N-dealkylation sites (N-methyl/N-ethyl adjacent to an activating group) is 1. The van der Waals surface area contributed by atoms with Crippen LogP contribution >= 0.6 is 0 Å². The van der Waals surface area contributed by atoms with Gasteiger partial charge < -0.3 is 25.2 Å². The molecular weight excluding hydrogens is 697 g/mol. The molecule has 3 fully saturated rings. The highest BCUT2D eigenvalue weighted by molar-refractivity contribution is 5.90. The molecule has 7 N–H and O–H groups in total. The van der Waals surface area contributed by atoms with E-state index in [2.05, 4.69) is 101 Å². The summed E-state index contributed by atoms with van der Waals surface area (Å²) in [6.45, 7) is 12.9. The van der Waals surface area contributed by atoms with Crippen LogP contribution in [-0.2, 0) is 31.6 Å². The molecule has 5 unspecified atom stereocenters. The van der Waals surface area contributed by atoms with E-state index in [0.29, 0.717) is 13.0 Å². The summed E-state index contributed by atoms with van der Waals surface area (Å²) >= 11 is 0. The van der Waals surface area contributed by atoms with E-state index in [1.807, 2.05) is 7.05 Å². The Balaban J connectivity index is 0.00000138. The maximum atomic E-state index is 13.9. The van der Waals surface area contributed by atoms with E-state index in [9.17, 15) is 20.1 Å². The lowest BCUT2D eigenvalue weighted by Gasteiger charge is -2.63. The molecule has 9 rings (SSSR count). The van der Waals surface area contributed by atoms with Crippen molar-refractivity contribution in [1.29, 1.82) is 0 Å². The number of nitrogens with zero attached hydrogens (tertiary/aromatic N) is 3. The number of aliphatic hydroxyl groups excluding tert-OH is 1. The Kier molecular flexibility index (Phi) is 9.05. The first-order valence-corrected chi connectivity index (χ1v) is 20.0. The van der Waals surface area contributed by atoms with Crippen LogP contribution in [0.15, 0.2) is 48.6 Å². The number of hydrogen-bond acceptors (Lipinski definition) is 10. The molecule has 3 aromatic rings. The summed E-state index contributed by atoms with van der Waals surface area (Å²) < 4.78 is 0. The molecule has 2 bridgehead atoms. The molecule has 6 aliphatic rings. The maximum Gasteiger partial charge on any atom is 0.373 e. The highest BCUT2D eigenvalue weighted by Gasteiger charge is 2.78. The number of amides is 1. The van der Waals surface area contributed by atoms with E-state index in [-0.39, 0.29) is 18.1 Å². The minimum Gasteiger partial charge on any atom is -0.389 e. The fraction of sp³-hybridized carbons (Fsp3) is 0.581. The van der Waals surface area contributed by atoms with Crippen LogP contribution in [-0.4, -0.2) is 111 Å². The quantitative estimate of drug-likeness (QED) is 0.101. The zero-order valence-corrected chi connectivity index (χ0v) is 32.7. The summed E-state index contributed by atoms with van der Waals surface area (Å²) in [6, 6.07) is 12.5. The van der Waals surface area contributed by atoms with Gasteiger partial charge in [-0.2, -0.15) is 9.59 Å². The molecule has 1 amide bonds. The molecule has 1 aromatic heterocycles. The van der Waals surface area contributed by atoms with Gasteiger partial charge in [-0.1, -0.05) is 50.3 Å². The number of carbonyl (C=O) groups excluding carboxylic acids is 3. The number of nitrogens with two attached hydrogens (primary N) is 1. The lowest BCUT2D eigenvalue weighted by Crippen LogP contribution is -2.82. The Morgan fingerprint density at radius 2 is 1.82 bits per heavy atom. The Bertz CT molecular complexity index is 2100. The molecule has 5 aliphatic heterocycles. The second-order valence-electron chi connectivity index (χ2n) is 17.7. The van der Waals surface area contributed by atoms with Crippen molar-refractivity contribution in [3.05, 3.63) is 76.5 Å². The van der Waals surface area contributed by atoms with E-state index >= 15 is 0 Å². The van der Waals surface area contributed by atoms with Crippen molar-refractivity contribution in [3.8, 4) is 0 Å². The number of piperidine rings is 1. The van der Waals surface area contributed by atoms with E-state index in [1.54, 1.807) is 0 Å². The summed E-state index contributed by atoms with van der Waals surface area (Å²) in [6.07, 6.45) is 7.64. The molecule has 0 radical (unpaired) electrons. The summed E-state index contributed by atoms with van der Waals surface area (Å²) in [4.78, 5) is 41.2. The van der Waals surface area contributed by atoms with E-state index in [0.717, 1.165) is 80.6 Å². The lowest BCUT2D eigenvalue weighted by molar-refractivity contribution is -0.203. The third-order valence-electron chi connectivity index (χ3n) is 15.2. The van der Waals surface area contributed by atoms with Crippen LogP contribution in [0.3, 0.4) is 0 Å². The van der Waals surface area contributed by atoms with Crippen molar-refractivity contribution >= 4 is 28.6 Å². The average Bonchev–Trinajstić information content (AvgIpc) is 3.83. The molecule has 294 valence electrons. The number of H-pyrrole nitrogens is 1. The first-order chi connectivity index (χ1) is 26.2. The molecule has 1 aliphatic carbocycles. The van der Waals surface area contributed by atoms with Crippen LogP contribution in [0.1, 0.15) is 80.8 Å². The molecule has 1 saturated carbocycles. The van der Waals surface area contributed by atoms with Gasteiger partial charge in [-0.3, -0.25) is 20.0 Å². The zero-order valence-electron chi connectivity index (χ0n) is 32.7. The summed E-state index contributed by atoms with van der Waals surface area (Å²) in [5.41, 5.74) is 5.73. The predicted molar refractivity (Wildman–Crippen MR) is 208 cm³/mol. The van der Waals surface area contributed by atoms with Crippen LogP contribution in [0.4, 0.5) is 5.69 Å². The van der Waals surface area contributed by atoms with E-state index in [1.165, 1.54) is 22.2 Å². The Hall–Kier alpha value is -3.87. The number of aliphatic hydroxyl groups is 3. The van der Waals surface area contributed by atoms with Gasteiger partial charge in [0.25, 0.3) is 5.91 Å². The number of rotatable bonds is 4. The predicted octanol–water partition coefficient (Wildman–Crippen LogP) is 2.80. The number of aryl methyl sites for hydroxylation is 1.